The van der Waals surface area contributed by atoms with Crippen LogP contribution < -0.4 is 0 Å². The molecule has 0 aliphatic heterocycles. The largest absolute Gasteiger partial charge is 0.411 e. The molecule has 0 aliphatic rings. The highest BCUT2D eigenvalue weighted by molar-refractivity contribution is 7.99. The summed E-state index contributed by atoms with van der Waals surface area (Å²) in [4.78, 5) is 4.66. The number of rotatable bonds is 5. The first kappa shape index (κ1) is 14.8. The molecule has 0 atom stereocenters. The van der Waals surface area contributed by atoms with Gasteiger partial charge in [0.1, 0.15) is 0 Å². The number of pyridine rings is 1. The first-order chi connectivity index (χ1) is 10.8. The minimum absolute atomic E-state index is 0.531. The second-order valence-electron chi connectivity index (χ2n) is 4.92. The van der Waals surface area contributed by atoms with Gasteiger partial charge in [-0.25, -0.2) is 0 Å². The number of aromatic nitrogens is 3. The Morgan fingerprint density at radius 3 is 2.59 bits per heavy atom. The van der Waals surface area contributed by atoms with E-state index in [0.717, 1.165) is 34.7 Å². The Morgan fingerprint density at radius 2 is 1.86 bits per heavy atom. The Labute approximate surface area is 134 Å². The van der Waals surface area contributed by atoms with Gasteiger partial charge in [0.15, 0.2) is 0 Å². The van der Waals surface area contributed by atoms with Gasteiger partial charge in [0.2, 0.25) is 0 Å². The van der Waals surface area contributed by atoms with Gasteiger partial charge in [-0.05, 0) is 25.5 Å². The number of aryl methyl sites for hydroxylation is 1. The molecule has 5 heteroatoms. The minimum Gasteiger partial charge on any atom is -0.411 e. The average Bonchev–Trinajstić information content (AvgIpc) is 3.02. The summed E-state index contributed by atoms with van der Waals surface area (Å²) in [6, 6.07) is 14.1. The topological polar surface area (TPSA) is 51.8 Å². The summed E-state index contributed by atoms with van der Waals surface area (Å²) in [6.07, 6.45) is 1.08. The van der Waals surface area contributed by atoms with Gasteiger partial charge < -0.3 is 4.42 Å². The molecule has 2 heterocycles. The fourth-order valence-corrected chi connectivity index (χ4v) is 2.74. The molecule has 4 nitrogen and oxygen atoms in total. The molecule has 0 N–H and O–H groups in total. The molecule has 0 fully saturated rings. The summed E-state index contributed by atoms with van der Waals surface area (Å²) >= 11 is 1.58. The van der Waals surface area contributed by atoms with Crippen LogP contribution in [-0.2, 0) is 0 Å². The molecular weight excluding hydrogens is 294 g/mol. The molecule has 0 amide bonds. The Morgan fingerprint density at radius 1 is 1.05 bits per heavy atom. The lowest BCUT2D eigenvalue weighted by atomic mass is 10.1. The van der Waals surface area contributed by atoms with E-state index in [-0.39, 0.29) is 0 Å². The lowest BCUT2D eigenvalue weighted by Gasteiger charge is -2.05. The van der Waals surface area contributed by atoms with Crippen molar-refractivity contribution in [2.45, 2.75) is 25.5 Å². The van der Waals surface area contributed by atoms with E-state index in [2.05, 4.69) is 22.1 Å². The summed E-state index contributed by atoms with van der Waals surface area (Å²) in [7, 11) is 0. The zero-order chi connectivity index (χ0) is 15.4. The van der Waals surface area contributed by atoms with Gasteiger partial charge in [-0.2, -0.15) is 0 Å². The van der Waals surface area contributed by atoms with Crippen molar-refractivity contribution in [2.24, 2.45) is 0 Å². The van der Waals surface area contributed by atoms with Crippen molar-refractivity contribution in [1.29, 1.82) is 0 Å². The van der Waals surface area contributed by atoms with Gasteiger partial charge in [0.25, 0.3) is 11.1 Å². The fraction of sp³-hybridized carbons (Fsp3) is 0.235. The second-order valence-corrected chi connectivity index (χ2v) is 5.96. The highest BCUT2D eigenvalue weighted by Gasteiger charge is 2.13. The van der Waals surface area contributed by atoms with Crippen LogP contribution in [0.3, 0.4) is 0 Å². The SMILES string of the molecule is CCCSc1nnc(-c2ccc(-c3ccccc3)nc2C)o1. The normalized spacial score (nSPS) is 10.8. The lowest BCUT2D eigenvalue weighted by molar-refractivity contribution is 0.465. The highest BCUT2D eigenvalue weighted by atomic mass is 32.2. The molecule has 3 rings (SSSR count). The van der Waals surface area contributed by atoms with E-state index in [4.69, 9.17) is 4.42 Å². The lowest BCUT2D eigenvalue weighted by Crippen LogP contribution is -1.91. The maximum atomic E-state index is 5.70. The third-order valence-electron chi connectivity index (χ3n) is 3.22. The molecule has 3 aromatic rings. The maximum absolute atomic E-state index is 5.70. The van der Waals surface area contributed by atoms with Crippen molar-refractivity contribution in [3.8, 4) is 22.7 Å². The molecule has 0 unspecified atom stereocenters. The van der Waals surface area contributed by atoms with Crippen molar-refractivity contribution >= 4 is 11.8 Å². The maximum Gasteiger partial charge on any atom is 0.276 e. The van der Waals surface area contributed by atoms with E-state index in [9.17, 15) is 0 Å². The predicted molar refractivity (Wildman–Crippen MR) is 88.7 cm³/mol. The van der Waals surface area contributed by atoms with Crippen LogP contribution in [0.4, 0.5) is 0 Å². The van der Waals surface area contributed by atoms with Crippen molar-refractivity contribution in [2.75, 3.05) is 5.75 Å². The van der Waals surface area contributed by atoms with Crippen LogP contribution in [0.1, 0.15) is 19.0 Å². The van der Waals surface area contributed by atoms with Crippen LogP contribution in [-0.4, -0.2) is 20.9 Å². The quantitative estimate of drug-likeness (QED) is 0.644. The standard InChI is InChI=1S/C17H17N3OS/c1-3-11-22-17-20-19-16(21-17)14-9-10-15(18-12(14)2)13-7-5-4-6-8-13/h4-10H,3,11H2,1-2H3. The van der Waals surface area contributed by atoms with Gasteiger partial charge in [0, 0.05) is 11.3 Å². The van der Waals surface area contributed by atoms with Crippen LogP contribution in [0, 0.1) is 6.92 Å². The van der Waals surface area contributed by atoms with Crippen molar-refractivity contribution < 1.29 is 4.42 Å². The Hall–Kier alpha value is -2.14. The third-order valence-corrected chi connectivity index (χ3v) is 4.25. The Kier molecular flexibility index (Phi) is 4.53. The molecule has 0 spiro atoms. The summed E-state index contributed by atoms with van der Waals surface area (Å²) in [6.45, 7) is 4.09. The smallest absolute Gasteiger partial charge is 0.276 e. The van der Waals surface area contributed by atoms with Gasteiger partial charge in [-0.3, -0.25) is 4.98 Å². The molecule has 0 saturated heterocycles. The Balaban J connectivity index is 1.88. The predicted octanol–water partition coefficient (Wildman–Crippen LogP) is 4.61. The van der Waals surface area contributed by atoms with E-state index in [1.807, 2.05) is 49.4 Å². The van der Waals surface area contributed by atoms with E-state index >= 15 is 0 Å². The summed E-state index contributed by atoms with van der Waals surface area (Å²) in [5.41, 5.74) is 3.82. The van der Waals surface area contributed by atoms with Crippen LogP contribution in [0.5, 0.6) is 0 Å². The second kappa shape index (κ2) is 6.75. The number of thioether (sulfide) groups is 1. The molecule has 0 aliphatic carbocycles. The molecule has 2 aromatic heterocycles. The zero-order valence-electron chi connectivity index (χ0n) is 12.6. The minimum atomic E-state index is 0.531. The zero-order valence-corrected chi connectivity index (χ0v) is 13.4. The molecule has 1 aromatic carbocycles. The van der Waals surface area contributed by atoms with Crippen molar-refractivity contribution in [3.05, 3.63) is 48.2 Å². The molecule has 22 heavy (non-hydrogen) atoms. The van der Waals surface area contributed by atoms with E-state index in [1.165, 1.54) is 0 Å². The number of nitrogens with zero attached hydrogens (tertiary/aromatic N) is 3. The number of hydrogen-bond acceptors (Lipinski definition) is 5. The van der Waals surface area contributed by atoms with Crippen LogP contribution >= 0.6 is 11.8 Å². The van der Waals surface area contributed by atoms with Crippen LogP contribution in [0.15, 0.2) is 52.1 Å². The molecule has 0 saturated carbocycles. The first-order valence-corrected chi connectivity index (χ1v) is 8.26. The fourth-order valence-electron chi connectivity index (χ4n) is 2.12. The van der Waals surface area contributed by atoms with Gasteiger partial charge >= 0.3 is 0 Å². The molecular formula is C17H17N3OS. The molecule has 0 bridgehead atoms. The van der Waals surface area contributed by atoms with Crippen LogP contribution in [0.25, 0.3) is 22.7 Å². The van der Waals surface area contributed by atoms with Crippen molar-refractivity contribution in [3.63, 3.8) is 0 Å². The molecule has 112 valence electrons. The van der Waals surface area contributed by atoms with E-state index < -0.39 is 0 Å². The van der Waals surface area contributed by atoms with Gasteiger partial charge in [-0.1, -0.05) is 49.0 Å². The van der Waals surface area contributed by atoms with Gasteiger partial charge in [0.05, 0.1) is 17.0 Å². The Bertz CT molecular complexity index is 756. The summed E-state index contributed by atoms with van der Waals surface area (Å²) in [5, 5.41) is 8.81. The first-order valence-electron chi connectivity index (χ1n) is 7.27. The summed E-state index contributed by atoms with van der Waals surface area (Å²) < 4.78 is 5.70. The highest BCUT2D eigenvalue weighted by Crippen LogP contribution is 2.27. The molecule has 0 radical (unpaired) electrons. The number of benzene rings is 1. The monoisotopic (exact) mass is 311 g/mol. The van der Waals surface area contributed by atoms with E-state index in [1.54, 1.807) is 11.8 Å². The van der Waals surface area contributed by atoms with E-state index in [0.29, 0.717) is 11.1 Å². The number of hydrogen-bond donors (Lipinski definition) is 0. The van der Waals surface area contributed by atoms with Gasteiger partial charge in [-0.15, -0.1) is 10.2 Å². The third kappa shape index (κ3) is 3.20. The summed E-state index contributed by atoms with van der Waals surface area (Å²) in [5.74, 6) is 1.51. The van der Waals surface area contributed by atoms with Crippen molar-refractivity contribution in [1.82, 2.24) is 15.2 Å². The van der Waals surface area contributed by atoms with Crippen LogP contribution in [0.2, 0.25) is 0 Å². The average molecular weight is 311 g/mol.